The SMILES string of the molecule is O=C(O)CCC(Cc1ccccc1)NC(=O)N1CCN(c2cnccn2)CC1. The van der Waals surface area contributed by atoms with E-state index in [2.05, 4.69) is 20.2 Å². The number of piperazine rings is 1. The smallest absolute Gasteiger partial charge is 0.317 e. The maximum absolute atomic E-state index is 12.7. The van der Waals surface area contributed by atoms with Crippen molar-refractivity contribution in [1.82, 2.24) is 20.2 Å². The molecule has 0 bridgehead atoms. The van der Waals surface area contributed by atoms with Crippen molar-refractivity contribution in [3.05, 3.63) is 54.5 Å². The van der Waals surface area contributed by atoms with Gasteiger partial charge in [0.15, 0.2) is 0 Å². The summed E-state index contributed by atoms with van der Waals surface area (Å²) in [5, 5.41) is 12.0. The van der Waals surface area contributed by atoms with Crippen LogP contribution in [0.15, 0.2) is 48.9 Å². The Balaban J connectivity index is 1.55. The number of aliphatic carboxylic acids is 1. The molecule has 8 nitrogen and oxygen atoms in total. The van der Waals surface area contributed by atoms with E-state index in [9.17, 15) is 9.59 Å². The molecule has 2 heterocycles. The largest absolute Gasteiger partial charge is 0.481 e. The topological polar surface area (TPSA) is 98.7 Å². The lowest BCUT2D eigenvalue weighted by molar-refractivity contribution is -0.137. The van der Waals surface area contributed by atoms with Gasteiger partial charge in [0.2, 0.25) is 0 Å². The first-order chi connectivity index (χ1) is 13.6. The Labute approximate surface area is 164 Å². The van der Waals surface area contributed by atoms with E-state index < -0.39 is 5.97 Å². The Morgan fingerprint density at radius 3 is 2.50 bits per heavy atom. The van der Waals surface area contributed by atoms with Gasteiger partial charge in [-0.2, -0.15) is 0 Å². The Kier molecular flexibility index (Phi) is 6.78. The van der Waals surface area contributed by atoms with E-state index in [1.165, 1.54) is 0 Å². The highest BCUT2D eigenvalue weighted by Crippen LogP contribution is 2.13. The predicted molar refractivity (Wildman–Crippen MR) is 105 cm³/mol. The van der Waals surface area contributed by atoms with Gasteiger partial charge in [0.05, 0.1) is 6.20 Å². The van der Waals surface area contributed by atoms with Crippen molar-refractivity contribution in [3.8, 4) is 0 Å². The third-order valence-corrected chi connectivity index (χ3v) is 4.80. The Morgan fingerprint density at radius 2 is 1.86 bits per heavy atom. The molecule has 28 heavy (non-hydrogen) atoms. The van der Waals surface area contributed by atoms with Crippen LogP contribution < -0.4 is 10.2 Å². The minimum atomic E-state index is -0.857. The van der Waals surface area contributed by atoms with E-state index in [4.69, 9.17) is 5.11 Å². The number of carbonyl (C=O) groups excluding carboxylic acids is 1. The van der Waals surface area contributed by atoms with Crippen LogP contribution in [-0.2, 0) is 11.2 Å². The van der Waals surface area contributed by atoms with E-state index in [1.807, 2.05) is 30.3 Å². The summed E-state index contributed by atoms with van der Waals surface area (Å²) in [6, 6.07) is 9.42. The van der Waals surface area contributed by atoms with Crippen LogP contribution >= 0.6 is 0 Å². The zero-order valence-electron chi connectivity index (χ0n) is 15.7. The molecule has 0 spiro atoms. The van der Waals surface area contributed by atoms with Crippen molar-refractivity contribution < 1.29 is 14.7 Å². The molecule has 2 aromatic rings. The summed E-state index contributed by atoms with van der Waals surface area (Å²) in [6.45, 7) is 2.54. The second kappa shape index (κ2) is 9.68. The van der Waals surface area contributed by atoms with Crippen LogP contribution in [0.5, 0.6) is 0 Å². The first-order valence-corrected chi connectivity index (χ1v) is 9.44. The number of benzene rings is 1. The fourth-order valence-corrected chi connectivity index (χ4v) is 3.28. The summed E-state index contributed by atoms with van der Waals surface area (Å²) >= 11 is 0. The second-order valence-corrected chi connectivity index (χ2v) is 6.81. The Hall–Kier alpha value is -3.16. The number of carboxylic acids is 1. The highest BCUT2D eigenvalue weighted by atomic mass is 16.4. The van der Waals surface area contributed by atoms with E-state index in [1.54, 1.807) is 23.5 Å². The van der Waals surface area contributed by atoms with E-state index in [0.717, 1.165) is 11.4 Å². The molecule has 1 saturated heterocycles. The molecule has 1 aromatic carbocycles. The van der Waals surface area contributed by atoms with Crippen LogP contribution in [0.4, 0.5) is 10.6 Å². The minimum absolute atomic E-state index is 0.0260. The third kappa shape index (κ3) is 5.67. The molecule has 1 aliphatic heterocycles. The summed E-state index contributed by atoms with van der Waals surface area (Å²) in [4.78, 5) is 35.9. The number of aromatic nitrogens is 2. The van der Waals surface area contributed by atoms with Crippen LogP contribution in [0, 0.1) is 0 Å². The molecule has 3 rings (SSSR count). The monoisotopic (exact) mass is 383 g/mol. The lowest BCUT2D eigenvalue weighted by atomic mass is 10.0. The molecular formula is C20H25N5O3. The minimum Gasteiger partial charge on any atom is -0.481 e. The summed E-state index contributed by atoms with van der Waals surface area (Å²) in [6.07, 6.45) is 6.05. The number of anilines is 1. The van der Waals surface area contributed by atoms with Crippen molar-refractivity contribution >= 4 is 17.8 Å². The van der Waals surface area contributed by atoms with Gasteiger partial charge in [0.25, 0.3) is 0 Å². The summed E-state index contributed by atoms with van der Waals surface area (Å²) < 4.78 is 0. The van der Waals surface area contributed by atoms with Crippen LogP contribution in [0.2, 0.25) is 0 Å². The van der Waals surface area contributed by atoms with Gasteiger partial charge in [-0.3, -0.25) is 9.78 Å². The first-order valence-electron chi connectivity index (χ1n) is 9.44. The molecule has 1 unspecified atom stereocenters. The summed E-state index contributed by atoms with van der Waals surface area (Å²) in [7, 11) is 0. The number of urea groups is 1. The van der Waals surface area contributed by atoms with E-state index in [0.29, 0.717) is 39.0 Å². The van der Waals surface area contributed by atoms with Crippen molar-refractivity contribution in [3.63, 3.8) is 0 Å². The normalized spacial score (nSPS) is 15.1. The fraction of sp³-hybridized carbons (Fsp3) is 0.400. The quantitative estimate of drug-likeness (QED) is 0.756. The Morgan fingerprint density at radius 1 is 1.11 bits per heavy atom. The van der Waals surface area contributed by atoms with Crippen molar-refractivity contribution in [2.24, 2.45) is 0 Å². The van der Waals surface area contributed by atoms with Crippen LogP contribution in [-0.4, -0.2) is 64.2 Å². The number of rotatable bonds is 7. The Bertz CT molecular complexity index is 764. The van der Waals surface area contributed by atoms with Gasteiger partial charge in [0, 0.05) is 51.0 Å². The zero-order valence-corrected chi connectivity index (χ0v) is 15.7. The van der Waals surface area contributed by atoms with Crippen LogP contribution in [0.25, 0.3) is 0 Å². The standard InChI is InChI=1S/C20H25N5O3/c26-19(27)7-6-17(14-16-4-2-1-3-5-16)23-20(28)25-12-10-24(11-13-25)18-15-21-8-9-22-18/h1-5,8-9,15,17H,6-7,10-14H2,(H,23,28)(H,26,27). The number of nitrogens with zero attached hydrogens (tertiary/aromatic N) is 4. The lowest BCUT2D eigenvalue weighted by Gasteiger charge is -2.36. The van der Waals surface area contributed by atoms with Crippen LogP contribution in [0.3, 0.4) is 0 Å². The van der Waals surface area contributed by atoms with Crippen molar-refractivity contribution in [2.45, 2.75) is 25.3 Å². The lowest BCUT2D eigenvalue weighted by Crippen LogP contribution is -2.54. The number of amides is 2. The second-order valence-electron chi connectivity index (χ2n) is 6.81. The maximum atomic E-state index is 12.7. The number of nitrogens with one attached hydrogen (secondary N) is 1. The van der Waals surface area contributed by atoms with Gasteiger partial charge in [-0.1, -0.05) is 30.3 Å². The molecule has 1 aliphatic rings. The van der Waals surface area contributed by atoms with Gasteiger partial charge < -0.3 is 20.2 Å². The molecule has 0 aliphatic carbocycles. The highest BCUT2D eigenvalue weighted by molar-refractivity contribution is 5.75. The average molecular weight is 383 g/mol. The van der Waals surface area contributed by atoms with E-state index >= 15 is 0 Å². The fourth-order valence-electron chi connectivity index (χ4n) is 3.28. The predicted octanol–water partition coefficient (Wildman–Crippen LogP) is 1.78. The molecule has 8 heteroatoms. The number of carboxylic acid groups (broad SMARTS) is 1. The molecular weight excluding hydrogens is 358 g/mol. The third-order valence-electron chi connectivity index (χ3n) is 4.80. The van der Waals surface area contributed by atoms with Crippen LogP contribution in [0.1, 0.15) is 18.4 Å². The summed E-state index contributed by atoms with van der Waals surface area (Å²) in [5.41, 5.74) is 1.07. The number of hydrogen-bond donors (Lipinski definition) is 2. The van der Waals surface area contributed by atoms with E-state index in [-0.39, 0.29) is 18.5 Å². The number of hydrogen-bond acceptors (Lipinski definition) is 5. The van der Waals surface area contributed by atoms with Gasteiger partial charge in [-0.05, 0) is 18.4 Å². The maximum Gasteiger partial charge on any atom is 0.317 e. The van der Waals surface area contributed by atoms with Gasteiger partial charge in [0.1, 0.15) is 5.82 Å². The molecule has 2 amide bonds. The van der Waals surface area contributed by atoms with Crippen molar-refractivity contribution in [2.75, 3.05) is 31.1 Å². The van der Waals surface area contributed by atoms with Gasteiger partial charge >= 0.3 is 12.0 Å². The average Bonchev–Trinajstić information content (AvgIpc) is 2.73. The molecule has 1 aromatic heterocycles. The molecule has 1 atom stereocenters. The molecule has 148 valence electrons. The molecule has 0 saturated carbocycles. The van der Waals surface area contributed by atoms with Gasteiger partial charge in [-0.25, -0.2) is 9.78 Å². The molecule has 0 radical (unpaired) electrons. The highest BCUT2D eigenvalue weighted by Gasteiger charge is 2.24. The van der Waals surface area contributed by atoms with Gasteiger partial charge in [-0.15, -0.1) is 0 Å². The molecule has 2 N–H and O–H groups in total. The summed E-state index contributed by atoms with van der Waals surface area (Å²) in [5.74, 6) is -0.0455. The van der Waals surface area contributed by atoms with Crippen molar-refractivity contribution in [1.29, 1.82) is 0 Å². The number of carbonyl (C=O) groups is 2. The first kappa shape index (κ1) is 19.6. The molecule has 1 fully saturated rings. The zero-order chi connectivity index (χ0) is 19.8.